The first kappa shape index (κ1) is 15.0. The smallest absolute Gasteiger partial charge is 0.224 e. The second-order valence-electron chi connectivity index (χ2n) is 6.28. The average Bonchev–Trinajstić information content (AvgIpc) is 2.42. The second-order valence-corrected chi connectivity index (χ2v) is 6.28. The maximum atomic E-state index is 12.1. The van der Waals surface area contributed by atoms with Crippen LogP contribution < -0.4 is 5.32 Å². The Labute approximate surface area is 122 Å². The lowest BCUT2D eigenvalue weighted by molar-refractivity contribution is -0.117. The van der Waals surface area contributed by atoms with Gasteiger partial charge in [0.25, 0.3) is 0 Å². The molecule has 1 N–H and O–H groups in total. The van der Waals surface area contributed by atoms with Crippen LogP contribution in [0.25, 0.3) is 0 Å². The molecule has 1 saturated heterocycles. The van der Waals surface area contributed by atoms with E-state index >= 15 is 0 Å². The molecule has 0 radical (unpaired) electrons. The van der Waals surface area contributed by atoms with Gasteiger partial charge in [-0.1, -0.05) is 26.0 Å². The Morgan fingerprint density at radius 2 is 1.85 bits per heavy atom. The highest BCUT2D eigenvalue weighted by molar-refractivity contribution is 5.90. The van der Waals surface area contributed by atoms with Gasteiger partial charge in [-0.15, -0.1) is 0 Å². The summed E-state index contributed by atoms with van der Waals surface area (Å²) in [5.41, 5.74) is 2.21. The van der Waals surface area contributed by atoms with E-state index in [-0.39, 0.29) is 5.91 Å². The summed E-state index contributed by atoms with van der Waals surface area (Å²) in [6, 6.07) is 8.19. The van der Waals surface area contributed by atoms with Crippen molar-refractivity contribution >= 4 is 11.6 Å². The van der Waals surface area contributed by atoms with Crippen LogP contribution in [0.5, 0.6) is 0 Å². The molecular formula is C17H26N2O. The lowest BCUT2D eigenvalue weighted by atomic mass is 9.93. The number of carbonyl (C=O) groups excluding carboxylic acids is 1. The van der Waals surface area contributed by atoms with Crippen LogP contribution in [0.1, 0.15) is 44.6 Å². The molecule has 1 aromatic rings. The van der Waals surface area contributed by atoms with Gasteiger partial charge in [-0.2, -0.15) is 0 Å². The van der Waals surface area contributed by atoms with Crippen LogP contribution in [0.3, 0.4) is 0 Å². The van der Waals surface area contributed by atoms with Crippen LogP contribution >= 0.6 is 0 Å². The highest BCUT2D eigenvalue weighted by Gasteiger charge is 2.19. The minimum atomic E-state index is 0.150. The number of nitrogens with zero attached hydrogens (tertiary/aromatic N) is 1. The average molecular weight is 274 g/mol. The van der Waals surface area contributed by atoms with Gasteiger partial charge >= 0.3 is 0 Å². The zero-order chi connectivity index (χ0) is 14.5. The van der Waals surface area contributed by atoms with Crippen LogP contribution in [-0.2, 0) is 4.79 Å². The summed E-state index contributed by atoms with van der Waals surface area (Å²) in [5.74, 6) is 1.22. The van der Waals surface area contributed by atoms with E-state index in [4.69, 9.17) is 0 Å². The maximum Gasteiger partial charge on any atom is 0.224 e. The van der Waals surface area contributed by atoms with E-state index in [1.54, 1.807) is 0 Å². The molecule has 3 heteroatoms. The summed E-state index contributed by atoms with van der Waals surface area (Å²) in [7, 11) is 2.15. The van der Waals surface area contributed by atoms with Gasteiger partial charge < -0.3 is 10.2 Å². The van der Waals surface area contributed by atoms with Gasteiger partial charge in [-0.05, 0) is 62.5 Å². The van der Waals surface area contributed by atoms with E-state index in [2.05, 4.69) is 43.2 Å². The molecule has 0 bridgehead atoms. The number of likely N-dealkylation sites (tertiary alicyclic amines) is 1. The third-order valence-corrected chi connectivity index (χ3v) is 4.17. The fraction of sp³-hybridized carbons (Fsp3) is 0.588. The largest absolute Gasteiger partial charge is 0.326 e. The zero-order valence-electron chi connectivity index (χ0n) is 12.9. The van der Waals surface area contributed by atoms with E-state index in [0.29, 0.717) is 18.3 Å². The van der Waals surface area contributed by atoms with Gasteiger partial charge in [0.1, 0.15) is 0 Å². The molecule has 1 fully saturated rings. The molecular weight excluding hydrogens is 248 g/mol. The molecule has 0 aromatic heterocycles. The molecule has 1 aromatic carbocycles. The number of benzene rings is 1. The topological polar surface area (TPSA) is 32.3 Å². The molecule has 0 aliphatic carbocycles. The third-order valence-electron chi connectivity index (χ3n) is 4.17. The number of rotatable bonds is 4. The van der Waals surface area contributed by atoms with Crippen LogP contribution in [0.4, 0.5) is 5.69 Å². The monoisotopic (exact) mass is 274 g/mol. The van der Waals surface area contributed by atoms with Gasteiger partial charge in [0.05, 0.1) is 0 Å². The number of anilines is 1. The molecule has 0 unspecified atom stereocenters. The Morgan fingerprint density at radius 3 is 2.40 bits per heavy atom. The van der Waals surface area contributed by atoms with Gasteiger partial charge in [-0.3, -0.25) is 4.79 Å². The van der Waals surface area contributed by atoms with Crippen molar-refractivity contribution in [3.63, 3.8) is 0 Å². The number of carbonyl (C=O) groups is 1. The zero-order valence-corrected chi connectivity index (χ0v) is 12.9. The van der Waals surface area contributed by atoms with Crippen molar-refractivity contribution in [1.29, 1.82) is 0 Å². The molecule has 20 heavy (non-hydrogen) atoms. The van der Waals surface area contributed by atoms with Crippen LogP contribution in [0.2, 0.25) is 0 Å². The quantitative estimate of drug-likeness (QED) is 0.911. The molecule has 1 amide bonds. The minimum Gasteiger partial charge on any atom is -0.326 e. The number of nitrogens with one attached hydrogen (secondary N) is 1. The molecule has 110 valence electrons. The van der Waals surface area contributed by atoms with Crippen molar-refractivity contribution in [3.8, 4) is 0 Å². The number of piperidine rings is 1. The summed E-state index contributed by atoms with van der Waals surface area (Å²) in [5, 5.41) is 3.01. The molecule has 0 saturated carbocycles. The molecule has 1 aliphatic rings. The lowest BCUT2D eigenvalue weighted by Crippen LogP contribution is -2.31. The van der Waals surface area contributed by atoms with Crippen molar-refractivity contribution in [2.45, 2.75) is 39.0 Å². The first-order chi connectivity index (χ1) is 9.54. The van der Waals surface area contributed by atoms with E-state index in [0.717, 1.165) is 31.6 Å². The van der Waals surface area contributed by atoms with E-state index in [1.165, 1.54) is 5.56 Å². The normalized spacial score (nSPS) is 17.4. The molecule has 0 atom stereocenters. The van der Waals surface area contributed by atoms with E-state index in [1.807, 2.05) is 12.1 Å². The van der Waals surface area contributed by atoms with Crippen molar-refractivity contribution in [2.75, 3.05) is 25.5 Å². The molecule has 3 nitrogen and oxygen atoms in total. The SMILES string of the molecule is CC(C)c1ccc(NC(=O)CC2CCN(C)CC2)cc1. The van der Waals surface area contributed by atoms with Crippen LogP contribution in [-0.4, -0.2) is 30.9 Å². The molecule has 0 spiro atoms. The Morgan fingerprint density at radius 1 is 1.25 bits per heavy atom. The summed E-state index contributed by atoms with van der Waals surface area (Å²) in [6.45, 7) is 6.57. The predicted molar refractivity (Wildman–Crippen MR) is 84.0 cm³/mol. The predicted octanol–water partition coefficient (Wildman–Crippen LogP) is 3.48. The Hall–Kier alpha value is -1.35. The number of hydrogen-bond acceptors (Lipinski definition) is 2. The van der Waals surface area contributed by atoms with Crippen molar-refractivity contribution in [3.05, 3.63) is 29.8 Å². The maximum absolute atomic E-state index is 12.1. The fourth-order valence-corrected chi connectivity index (χ4v) is 2.69. The second kappa shape index (κ2) is 6.89. The number of hydrogen-bond donors (Lipinski definition) is 1. The Balaban J connectivity index is 1.82. The molecule has 1 aliphatic heterocycles. The van der Waals surface area contributed by atoms with Crippen molar-refractivity contribution in [2.24, 2.45) is 5.92 Å². The van der Waals surface area contributed by atoms with Gasteiger partial charge in [0.2, 0.25) is 5.91 Å². The third kappa shape index (κ3) is 4.34. The van der Waals surface area contributed by atoms with Gasteiger partial charge in [-0.25, -0.2) is 0 Å². The minimum absolute atomic E-state index is 0.150. The summed E-state index contributed by atoms with van der Waals surface area (Å²) in [6.07, 6.45) is 2.92. The first-order valence-electron chi connectivity index (χ1n) is 7.63. The summed E-state index contributed by atoms with van der Waals surface area (Å²) in [4.78, 5) is 14.4. The van der Waals surface area contributed by atoms with Crippen LogP contribution in [0.15, 0.2) is 24.3 Å². The van der Waals surface area contributed by atoms with Gasteiger partial charge in [0.15, 0.2) is 0 Å². The van der Waals surface area contributed by atoms with Gasteiger partial charge in [0, 0.05) is 12.1 Å². The molecule has 2 rings (SSSR count). The van der Waals surface area contributed by atoms with E-state index < -0.39 is 0 Å². The Bertz CT molecular complexity index is 431. The van der Waals surface area contributed by atoms with Crippen molar-refractivity contribution in [1.82, 2.24) is 4.90 Å². The van der Waals surface area contributed by atoms with Crippen molar-refractivity contribution < 1.29 is 4.79 Å². The highest BCUT2D eigenvalue weighted by atomic mass is 16.1. The standard InChI is InChI=1S/C17H26N2O/c1-13(2)15-4-6-16(7-5-15)18-17(20)12-14-8-10-19(3)11-9-14/h4-7,13-14H,8-12H2,1-3H3,(H,18,20). The van der Waals surface area contributed by atoms with E-state index in [9.17, 15) is 4.79 Å². The highest BCUT2D eigenvalue weighted by Crippen LogP contribution is 2.21. The lowest BCUT2D eigenvalue weighted by Gasteiger charge is -2.28. The summed E-state index contributed by atoms with van der Waals surface area (Å²) >= 11 is 0. The molecule has 1 heterocycles. The fourth-order valence-electron chi connectivity index (χ4n) is 2.69. The van der Waals surface area contributed by atoms with Crippen LogP contribution in [0, 0.1) is 5.92 Å². The number of amides is 1. The first-order valence-corrected chi connectivity index (χ1v) is 7.63. The summed E-state index contributed by atoms with van der Waals surface area (Å²) < 4.78 is 0. The Kier molecular flexibility index (Phi) is 5.18.